The highest BCUT2D eigenvalue weighted by molar-refractivity contribution is 7.89. The minimum absolute atomic E-state index is 0.171. The SMILES string of the molecule is CCNCCS(=O)(=O)N1CCC(CO)CC1. The van der Waals surface area contributed by atoms with Crippen LogP contribution in [0.15, 0.2) is 0 Å². The van der Waals surface area contributed by atoms with Crippen molar-refractivity contribution >= 4 is 10.0 Å². The zero-order valence-corrected chi connectivity index (χ0v) is 10.7. The Morgan fingerprint density at radius 2 is 2.00 bits per heavy atom. The van der Waals surface area contributed by atoms with E-state index < -0.39 is 10.0 Å². The molecular weight excluding hydrogens is 228 g/mol. The molecule has 0 amide bonds. The molecule has 5 nitrogen and oxygen atoms in total. The predicted molar refractivity (Wildman–Crippen MR) is 63.7 cm³/mol. The average molecular weight is 250 g/mol. The van der Waals surface area contributed by atoms with Crippen molar-refractivity contribution in [2.24, 2.45) is 5.92 Å². The summed E-state index contributed by atoms with van der Waals surface area (Å²) >= 11 is 0. The fourth-order valence-electron chi connectivity index (χ4n) is 1.88. The molecule has 6 heteroatoms. The zero-order chi connectivity index (χ0) is 12.0. The Morgan fingerprint density at radius 3 is 2.50 bits per heavy atom. The van der Waals surface area contributed by atoms with Crippen LogP contribution in [0, 0.1) is 5.92 Å². The van der Waals surface area contributed by atoms with Crippen molar-refractivity contribution < 1.29 is 13.5 Å². The van der Waals surface area contributed by atoms with E-state index in [1.165, 1.54) is 0 Å². The molecule has 0 bridgehead atoms. The number of aliphatic hydroxyl groups excluding tert-OH is 1. The summed E-state index contributed by atoms with van der Waals surface area (Å²) in [6.07, 6.45) is 1.55. The fraction of sp³-hybridized carbons (Fsp3) is 1.00. The van der Waals surface area contributed by atoms with Gasteiger partial charge in [-0.25, -0.2) is 12.7 Å². The zero-order valence-electron chi connectivity index (χ0n) is 9.85. The molecule has 0 aromatic rings. The molecule has 2 N–H and O–H groups in total. The molecule has 0 spiro atoms. The summed E-state index contributed by atoms with van der Waals surface area (Å²) < 4.78 is 25.3. The monoisotopic (exact) mass is 250 g/mol. The molecule has 1 heterocycles. The van der Waals surface area contributed by atoms with Crippen LogP contribution in [0.2, 0.25) is 0 Å². The first-order valence-corrected chi connectivity index (χ1v) is 7.50. The van der Waals surface area contributed by atoms with E-state index in [1.54, 1.807) is 4.31 Å². The maximum Gasteiger partial charge on any atom is 0.215 e. The van der Waals surface area contributed by atoms with Gasteiger partial charge in [0.1, 0.15) is 0 Å². The second-order valence-electron chi connectivity index (χ2n) is 4.19. The van der Waals surface area contributed by atoms with Gasteiger partial charge in [0.2, 0.25) is 10.0 Å². The third-order valence-corrected chi connectivity index (χ3v) is 4.88. The molecule has 1 rings (SSSR count). The van der Waals surface area contributed by atoms with Crippen LogP contribution in [0.25, 0.3) is 0 Å². The molecule has 0 atom stereocenters. The predicted octanol–water partition coefficient (Wildman–Crippen LogP) is -0.370. The topological polar surface area (TPSA) is 69.6 Å². The Labute approximate surface area is 97.9 Å². The lowest BCUT2D eigenvalue weighted by molar-refractivity contribution is 0.170. The van der Waals surface area contributed by atoms with Crippen molar-refractivity contribution in [3.05, 3.63) is 0 Å². The van der Waals surface area contributed by atoms with Gasteiger partial charge in [-0.05, 0) is 25.3 Å². The minimum atomic E-state index is -3.10. The van der Waals surface area contributed by atoms with Gasteiger partial charge in [0.15, 0.2) is 0 Å². The number of hydrogen-bond acceptors (Lipinski definition) is 4. The van der Waals surface area contributed by atoms with E-state index in [1.807, 2.05) is 6.92 Å². The normalized spacial score (nSPS) is 20.1. The Bertz CT molecular complexity index is 284. The number of hydrogen-bond donors (Lipinski definition) is 2. The van der Waals surface area contributed by atoms with Crippen molar-refractivity contribution in [2.45, 2.75) is 19.8 Å². The number of sulfonamides is 1. The van der Waals surface area contributed by atoms with Crippen molar-refractivity contribution in [3.8, 4) is 0 Å². The summed E-state index contributed by atoms with van der Waals surface area (Å²) in [4.78, 5) is 0. The van der Waals surface area contributed by atoms with Gasteiger partial charge >= 0.3 is 0 Å². The van der Waals surface area contributed by atoms with Crippen LogP contribution in [0.5, 0.6) is 0 Å². The van der Waals surface area contributed by atoms with Crippen molar-refractivity contribution in [3.63, 3.8) is 0 Å². The third-order valence-electron chi connectivity index (χ3n) is 3.01. The van der Waals surface area contributed by atoms with Crippen molar-refractivity contribution in [1.29, 1.82) is 0 Å². The van der Waals surface area contributed by atoms with E-state index in [9.17, 15) is 8.42 Å². The Kier molecular flexibility index (Phi) is 5.68. The third kappa shape index (κ3) is 4.01. The van der Waals surface area contributed by atoms with E-state index in [0.717, 1.165) is 19.4 Å². The molecule has 0 unspecified atom stereocenters. The highest BCUT2D eigenvalue weighted by Crippen LogP contribution is 2.18. The van der Waals surface area contributed by atoms with E-state index in [2.05, 4.69) is 5.32 Å². The number of rotatable bonds is 6. The summed E-state index contributed by atoms with van der Waals surface area (Å²) in [5.74, 6) is 0.449. The van der Waals surface area contributed by atoms with Crippen LogP contribution >= 0.6 is 0 Å². The first kappa shape index (κ1) is 13.9. The van der Waals surface area contributed by atoms with Crippen LogP contribution in [0.4, 0.5) is 0 Å². The minimum Gasteiger partial charge on any atom is -0.396 e. The lowest BCUT2D eigenvalue weighted by Gasteiger charge is -2.30. The molecular formula is C10H22N2O3S. The highest BCUT2D eigenvalue weighted by Gasteiger charge is 2.26. The molecule has 1 aliphatic rings. The molecule has 1 fully saturated rings. The highest BCUT2D eigenvalue weighted by atomic mass is 32.2. The maximum atomic E-state index is 11.9. The van der Waals surface area contributed by atoms with Crippen molar-refractivity contribution in [1.82, 2.24) is 9.62 Å². The van der Waals surface area contributed by atoms with Crippen molar-refractivity contribution in [2.75, 3.05) is 38.5 Å². The second-order valence-corrected chi connectivity index (χ2v) is 6.28. The fourth-order valence-corrected chi connectivity index (χ4v) is 3.30. The number of aliphatic hydroxyl groups is 1. The molecule has 0 saturated carbocycles. The summed E-state index contributed by atoms with van der Waals surface area (Å²) in [5, 5.41) is 12.0. The standard InChI is InChI=1S/C10H22N2O3S/c1-2-11-5-8-16(14,15)12-6-3-10(9-13)4-7-12/h10-11,13H,2-9H2,1H3. The Morgan fingerprint density at radius 1 is 1.38 bits per heavy atom. The van der Waals surface area contributed by atoms with Gasteiger partial charge in [0, 0.05) is 26.2 Å². The van der Waals surface area contributed by atoms with Crippen LogP contribution in [0.1, 0.15) is 19.8 Å². The summed E-state index contributed by atoms with van der Waals surface area (Å²) in [5.41, 5.74) is 0. The summed E-state index contributed by atoms with van der Waals surface area (Å²) in [6.45, 7) is 4.55. The second kappa shape index (κ2) is 6.54. The van der Waals surface area contributed by atoms with Gasteiger partial charge < -0.3 is 10.4 Å². The average Bonchev–Trinajstić information content (AvgIpc) is 2.29. The molecule has 0 aliphatic carbocycles. The smallest absolute Gasteiger partial charge is 0.215 e. The summed E-state index contributed by atoms with van der Waals surface area (Å²) in [6, 6.07) is 0. The number of nitrogens with one attached hydrogen (secondary N) is 1. The van der Waals surface area contributed by atoms with Gasteiger partial charge in [-0.1, -0.05) is 6.92 Å². The molecule has 16 heavy (non-hydrogen) atoms. The van der Waals surface area contributed by atoms with Gasteiger partial charge in [-0.15, -0.1) is 0 Å². The first-order valence-electron chi connectivity index (χ1n) is 5.89. The van der Waals surface area contributed by atoms with Gasteiger partial charge in [-0.2, -0.15) is 0 Å². The van der Waals surface area contributed by atoms with Crippen LogP contribution < -0.4 is 5.32 Å². The van der Waals surface area contributed by atoms with Gasteiger partial charge in [0.25, 0.3) is 0 Å². The lowest BCUT2D eigenvalue weighted by Crippen LogP contribution is -2.42. The first-order chi connectivity index (χ1) is 7.60. The van der Waals surface area contributed by atoms with E-state index in [-0.39, 0.29) is 18.3 Å². The molecule has 0 aromatic heterocycles. The maximum absolute atomic E-state index is 11.9. The number of piperidine rings is 1. The Balaban J connectivity index is 2.39. The quantitative estimate of drug-likeness (QED) is 0.631. The van der Waals surface area contributed by atoms with Crippen LogP contribution in [-0.4, -0.2) is 56.4 Å². The molecule has 1 saturated heterocycles. The number of nitrogens with zero attached hydrogens (tertiary/aromatic N) is 1. The van der Waals surface area contributed by atoms with E-state index in [4.69, 9.17) is 5.11 Å². The van der Waals surface area contributed by atoms with E-state index in [0.29, 0.717) is 19.6 Å². The van der Waals surface area contributed by atoms with Crippen LogP contribution in [0.3, 0.4) is 0 Å². The molecule has 0 radical (unpaired) electrons. The van der Waals surface area contributed by atoms with Gasteiger partial charge in [0.05, 0.1) is 5.75 Å². The summed E-state index contributed by atoms with van der Waals surface area (Å²) in [7, 11) is -3.10. The largest absolute Gasteiger partial charge is 0.396 e. The molecule has 0 aromatic carbocycles. The van der Waals surface area contributed by atoms with Gasteiger partial charge in [-0.3, -0.25) is 0 Å². The molecule has 96 valence electrons. The van der Waals surface area contributed by atoms with Crippen LogP contribution in [-0.2, 0) is 10.0 Å². The lowest BCUT2D eigenvalue weighted by atomic mass is 10.00. The van der Waals surface area contributed by atoms with E-state index >= 15 is 0 Å². The Hall–Kier alpha value is -0.170. The molecule has 1 aliphatic heterocycles.